The van der Waals surface area contributed by atoms with Crippen molar-refractivity contribution in [3.8, 4) is 0 Å². The van der Waals surface area contributed by atoms with Gasteiger partial charge in [-0.05, 0) is 24.3 Å². The van der Waals surface area contributed by atoms with Gasteiger partial charge in [0.1, 0.15) is 5.82 Å². The summed E-state index contributed by atoms with van der Waals surface area (Å²) in [5.41, 5.74) is 0.297. The van der Waals surface area contributed by atoms with Crippen LogP contribution in [0.5, 0.6) is 0 Å². The van der Waals surface area contributed by atoms with Crippen molar-refractivity contribution in [2.45, 2.75) is 0 Å². The molecule has 2 rings (SSSR count). The highest BCUT2D eigenvalue weighted by molar-refractivity contribution is 6.44. The second-order valence-corrected chi connectivity index (χ2v) is 4.32. The van der Waals surface area contributed by atoms with Crippen molar-refractivity contribution in [2.75, 3.05) is 5.32 Å². The van der Waals surface area contributed by atoms with Crippen LogP contribution in [0.2, 0.25) is 10.0 Å². The SMILES string of the molecule is O=C(Nc1ccccc1F)c1cccc(Cl)c1Cl. The van der Waals surface area contributed by atoms with Crippen LogP contribution in [0.15, 0.2) is 42.5 Å². The van der Waals surface area contributed by atoms with Gasteiger partial charge in [0.05, 0.1) is 21.3 Å². The normalized spacial score (nSPS) is 10.2. The fourth-order valence-corrected chi connectivity index (χ4v) is 1.82. The highest BCUT2D eigenvalue weighted by Crippen LogP contribution is 2.26. The average Bonchev–Trinajstić information content (AvgIpc) is 2.35. The van der Waals surface area contributed by atoms with Crippen molar-refractivity contribution in [1.82, 2.24) is 0 Å². The topological polar surface area (TPSA) is 29.1 Å². The Morgan fingerprint density at radius 3 is 2.50 bits per heavy atom. The van der Waals surface area contributed by atoms with E-state index in [1.54, 1.807) is 18.2 Å². The van der Waals surface area contributed by atoms with Gasteiger partial charge in [0.2, 0.25) is 0 Å². The van der Waals surface area contributed by atoms with E-state index in [-0.39, 0.29) is 21.3 Å². The van der Waals surface area contributed by atoms with Gasteiger partial charge in [-0.15, -0.1) is 0 Å². The van der Waals surface area contributed by atoms with Crippen LogP contribution in [0.1, 0.15) is 10.4 Å². The van der Waals surface area contributed by atoms with Gasteiger partial charge in [-0.3, -0.25) is 4.79 Å². The lowest BCUT2D eigenvalue weighted by Gasteiger charge is -2.08. The molecule has 2 nitrogen and oxygen atoms in total. The molecule has 0 bridgehead atoms. The molecule has 92 valence electrons. The zero-order chi connectivity index (χ0) is 13.1. The van der Waals surface area contributed by atoms with Gasteiger partial charge in [0.15, 0.2) is 0 Å². The lowest BCUT2D eigenvalue weighted by Crippen LogP contribution is -2.13. The van der Waals surface area contributed by atoms with Crippen LogP contribution in [-0.4, -0.2) is 5.91 Å². The van der Waals surface area contributed by atoms with Gasteiger partial charge in [-0.1, -0.05) is 41.4 Å². The van der Waals surface area contributed by atoms with Gasteiger partial charge in [-0.25, -0.2) is 4.39 Å². The molecule has 0 aliphatic heterocycles. The number of hydrogen-bond donors (Lipinski definition) is 1. The zero-order valence-electron chi connectivity index (χ0n) is 9.08. The number of carbonyl (C=O) groups excluding carboxylic acids is 1. The summed E-state index contributed by atoms with van der Waals surface area (Å²) in [7, 11) is 0. The molecule has 0 atom stereocenters. The Labute approximate surface area is 113 Å². The molecule has 18 heavy (non-hydrogen) atoms. The highest BCUT2D eigenvalue weighted by atomic mass is 35.5. The molecule has 5 heteroatoms. The van der Waals surface area contributed by atoms with E-state index >= 15 is 0 Å². The predicted molar refractivity (Wildman–Crippen MR) is 70.8 cm³/mol. The summed E-state index contributed by atoms with van der Waals surface area (Å²) >= 11 is 11.7. The monoisotopic (exact) mass is 283 g/mol. The van der Waals surface area contributed by atoms with Crippen LogP contribution in [-0.2, 0) is 0 Å². The average molecular weight is 284 g/mol. The summed E-state index contributed by atoms with van der Waals surface area (Å²) in [5.74, 6) is -1.02. The van der Waals surface area contributed by atoms with Crippen molar-refractivity contribution in [3.05, 3.63) is 63.9 Å². The van der Waals surface area contributed by atoms with E-state index in [2.05, 4.69) is 5.32 Å². The Bertz CT molecular complexity index is 601. The number of carbonyl (C=O) groups is 1. The molecule has 0 heterocycles. The molecule has 0 unspecified atom stereocenters. The first kappa shape index (κ1) is 12.9. The first-order valence-electron chi connectivity index (χ1n) is 5.09. The van der Waals surface area contributed by atoms with E-state index in [1.807, 2.05) is 0 Å². The molecule has 2 aromatic rings. The second kappa shape index (κ2) is 5.38. The summed E-state index contributed by atoms with van der Waals surface area (Å²) < 4.78 is 13.4. The van der Waals surface area contributed by atoms with Crippen LogP contribution in [0.4, 0.5) is 10.1 Å². The minimum atomic E-state index is -0.510. The maximum atomic E-state index is 13.4. The van der Waals surface area contributed by atoms with Crippen LogP contribution in [0.25, 0.3) is 0 Å². The Morgan fingerprint density at radius 1 is 1.06 bits per heavy atom. The minimum Gasteiger partial charge on any atom is -0.319 e. The molecule has 0 aromatic heterocycles. The standard InChI is InChI=1S/C13H8Cl2FNO/c14-9-5-3-4-8(12(9)15)13(18)17-11-7-2-1-6-10(11)16/h1-7H,(H,17,18). The van der Waals surface area contributed by atoms with E-state index in [9.17, 15) is 9.18 Å². The molecule has 1 N–H and O–H groups in total. The number of hydrogen-bond acceptors (Lipinski definition) is 1. The van der Waals surface area contributed by atoms with E-state index in [0.717, 1.165) is 0 Å². The highest BCUT2D eigenvalue weighted by Gasteiger charge is 2.13. The Balaban J connectivity index is 2.28. The summed E-state index contributed by atoms with van der Waals surface area (Å²) in [6.45, 7) is 0. The third-order valence-electron chi connectivity index (χ3n) is 2.32. The van der Waals surface area contributed by atoms with Crippen molar-refractivity contribution in [3.63, 3.8) is 0 Å². The number of benzene rings is 2. The Kier molecular flexibility index (Phi) is 3.84. The second-order valence-electron chi connectivity index (χ2n) is 3.54. The third kappa shape index (κ3) is 2.63. The smallest absolute Gasteiger partial charge is 0.257 e. The van der Waals surface area contributed by atoms with Crippen molar-refractivity contribution in [2.24, 2.45) is 0 Å². The first-order valence-corrected chi connectivity index (χ1v) is 5.85. The van der Waals surface area contributed by atoms with Crippen LogP contribution >= 0.6 is 23.2 Å². The van der Waals surface area contributed by atoms with Gasteiger partial charge in [0.25, 0.3) is 5.91 Å². The maximum Gasteiger partial charge on any atom is 0.257 e. The number of amides is 1. The lowest BCUT2D eigenvalue weighted by molar-refractivity contribution is 0.102. The lowest BCUT2D eigenvalue weighted by atomic mass is 10.2. The molecule has 0 saturated heterocycles. The van der Waals surface area contributed by atoms with Gasteiger partial charge < -0.3 is 5.32 Å². The number of nitrogens with one attached hydrogen (secondary N) is 1. The summed E-state index contributed by atoms with van der Waals surface area (Å²) in [6, 6.07) is 10.6. The van der Waals surface area contributed by atoms with Crippen LogP contribution in [0.3, 0.4) is 0 Å². The maximum absolute atomic E-state index is 13.4. The quantitative estimate of drug-likeness (QED) is 0.870. The van der Waals surface area contributed by atoms with E-state index in [0.29, 0.717) is 0 Å². The molecule has 0 aliphatic carbocycles. The largest absolute Gasteiger partial charge is 0.319 e. The van der Waals surface area contributed by atoms with Gasteiger partial charge in [-0.2, -0.15) is 0 Å². The Morgan fingerprint density at radius 2 is 1.78 bits per heavy atom. The van der Waals surface area contributed by atoms with Gasteiger partial charge >= 0.3 is 0 Å². The zero-order valence-corrected chi connectivity index (χ0v) is 10.6. The summed E-state index contributed by atoms with van der Waals surface area (Å²) in [6.07, 6.45) is 0. The van der Waals surface area contributed by atoms with Gasteiger partial charge in [0, 0.05) is 0 Å². The van der Waals surface area contributed by atoms with Crippen LogP contribution in [0, 0.1) is 5.82 Å². The first-order chi connectivity index (χ1) is 8.59. The molecule has 0 fully saturated rings. The molecule has 0 aliphatic rings. The number of anilines is 1. The number of halogens is 3. The molecular formula is C13H8Cl2FNO. The van der Waals surface area contributed by atoms with Crippen molar-refractivity contribution < 1.29 is 9.18 Å². The Hall–Kier alpha value is -1.58. The molecule has 1 amide bonds. The third-order valence-corrected chi connectivity index (χ3v) is 3.14. The number of para-hydroxylation sites is 1. The summed E-state index contributed by atoms with van der Waals surface area (Å²) in [5, 5.41) is 2.86. The fourth-order valence-electron chi connectivity index (χ4n) is 1.43. The van der Waals surface area contributed by atoms with Crippen molar-refractivity contribution in [1.29, 1.82) is 0 Å². The minimum absolute atomic E-state index is 0.0959. The molecule has 0 saturated carbocycles. The molecule has 0 spiro atoms. The molecule has 2 aromatic carbocycles. The van der Waals surface area contributed by atoms with E-state index < -0.39 is 11.7 Å². The van der Waals surface area contributed by atoms with Crippen LogP contribution < -0.4 is 5.32 Å². The van der Waals surface area contributed by atoms with E-state index in [4.69, 9.17) is 23.2 Å². The van der Waals surface area contributed by atoms with E-state index in [1.165, 1.54) is 24.3 Å². The molecule has 0 radical (unpaired) electrons. The predicted octanol–water partition coefficient (Wildman–Crippen LogP) is 4.38. The fraction of sp³-hybridized carbons (Fsp3) is 0. The summed E-state index contributed by atoms with van der Waals surface area (Å²) in [4.78, 5) is 11.9. The number of rotatable bonds is 2. The molecular weight excluding hydrogens is 276 g/mol. The van der Waals surface area contributed by atoms with Crippen molar-refractivity contribution >= 4 is 34.8 Å².